The second kappa shape index (κ2) is 6.06. The van der Waals surface area contributed by atoms with Gasteiger partial charge in [0.25, 0.3) is 0 Å². The highest BCUT2D eigenvalue weighted by atomic mass is 32.2. The fraction of sp³-hybridized carbons (Fsp3) is 0.364. The van der Waals surface area contributed by atoms with Crippen molar-refractivity contribution in [2.75, 3.05) is 13.1 Å². The predicted molar refractivity (Wildman–Crippen MR) is 72.6 cm³/mol. The van der Waals surface area contributed by atoms with E-state index in [1.54, 1.807) is 15.8 Å². The summed E-state index contributed by atoms with van der Waals surface area (Å²) in [5, 5.41) is 16.7. The Labute approximate surface area is 129 Å². The molecule has 0 aromatic carbocycles. The molecular formula is C11H12N4O6S. The van der Waals surface area contributed by atoms with Crippen LogP contribution in [0, 0.1) is 0 Å². The Morgan fingerprint density at radius 2 is 2.36 bits per heavy atom. The second-order valence-electron chi connectivity index (χ2n) is 4.73. The van der Waals surface area contributed by atoms with Gasteiger partial charge in [-0.2, -0.15) is 14.4 Å². The van der Waals surface area contributed by atoms with Crippen LogP contribution in [-0.2, 0) is 13.7 Å². The normalized spacial score (nSPS) is 20.5. The van der Waals surface area contributed by atoms with E-state index < -0.39 is 0 Å². The molecule has 1 N–H and O–H groups in total. The molecule has 11 heteroatoms. The first-order chi connectivity index (χ1) is 10.6. The van der Waals surface area contributed by atoms with E-state index >= 15 is 0 Å². The lowest BCUT2D eigenvalue weighted by atomic mass is 10.2. The molecule has 10 nitrogen and oxygen atoms in total. The summed E-state index contributed by atoms with van der Waals surface area (Å²) in [6.45, 7) is 2.27. The van der Waals surface area contributed by atoms with Crippen molar-refractivity contribution >= 4 is 29.8 Å². The molecule has 3 heterocycles. The largest absolute Gasteiger partial charge is 0.346 e. The van der Waals surface area contributed by atoms with E-state index in [0.717, 1.165) is 10.8 Å². The van der Waals surface area contributed by atoms with E-state index in [-0.39, 0.29) is 17.9 Å². The van der Waals surface area contributed by atoms with Gasteiger partial charge < -0.3 is 4.90 Å². The number of carbonyl (C=O) groups excluding carboxylic acids is 2. The summed E-state index contributed by atoms with van der Waals surface area (Å²) < 4.78 is 10.7. The van der Waals surface area contributed by atoms with E-state index in [9.17, 15) is 9.59 Å². The Morgan fingerprint density at radius 1 is 1.55 bits per heavy atom. The van der Waals surface area contributed by atoms with E-state index in [1.165, 1.54) is 13.1 Å². The Kier molecular flexibility index (Phi) is 4.13. The molecule has 2 aliphatic rings. The van der Waals surface area contributed by atoms with Crippen molar-refractivity contribution in [2.45, 2.75) is 13.0 Å². The van der Waals surface area contributed by atoms with Crippen molar-refractivity contribution in [3.05, 3.63) is 24.0 Å². The van der Waals surface area contributed by atoms with Crippen molar-refractivity contribution in [3.8, 4) is 0 Å². The lowest BCUT2D eigenvalue weighted by Crippen LogP contribution is -2.31. The maximum Gasteiger partial charge on any atom is 0.346 e. The van der Waals surface area contributed by atoms with Gasteiger partial charge in [-0.3, -0.25) is 4.79 Å². The summed E-state index contributed by atoms with van der Waals surface area (Å²) in [6.07, 6.45) is 4.92. The third-order valence-electron chi connectivity index (χ3n) is 3.36. The molecule has 1 atom stereocenters. The van der Waals surface area contributed by atoms with E-state index in [0.29, 0.717) is 31.0 Å². The van der Waals surface area contributed by atoms with Crippen LogP contribution < -0.4 is 0 Å². The first-order valence-electron chi connectivity index (χ1n) is 6.26. The molecule has 118 valence electrons. The van der Waals surface area contributed by atoms with Crippen LogP contribution >= 0.6 is 12.3 Å². The van der Waals surface area contributed by atoms with Crippen LogP contribution in [0.2, 0.25) is 0 Å². The number of nitrogens with zero attached hydrogens (tertiary/aromatic N) is 4. The third-order valence-corrected chi connectivity index (χ3v) is 3.70. The van der Waals surface area contributed by atoms with Gasteiger partial charge in [-0.05, 0) is 13.0 Å². The average molecular weight is 328 g/mol. The zero-order chi connectivity index (χ0) is 15.7. The summed E-state index contributed by atoms with van der Waals surface area (Å²) in [5.41, 5.74) is 1.25. The second-order valence-corrected chi connectivity index (χ2v) is 5.15. The zero-order valence-electron chi connectivity index (χ0n) is 11.4. The molecule has 0 spiro atoms. The summed E-state index contributed by atoms with van der Waals surface area (Å²) in [5.74, 6) is -0.0791. The number of fused-ring (bicyclic) bond motifs is 2. The van der Waals surface area contributed by atoms with Crippen molar-refractivity contribution < 1.29 is 28.5 Å². The Bertz CT molecular complexity index is 632. The lowest BCUT2D eigenvalue weighted by molar-refractivity contribution is -0.435. The SMILES string of the molecule is CC(=O)c1cnn(C2=CC3CN(C2)C(=O)N3OSOOO)c1. The molecular weight excluding hydrogens is 316 g/mol. The quantitative estimate of drug-likeness (QED) is 0.271. The van der Waals surface area contributed by atoms with Crippen LogP contribution in [0.5, 0.6) is 0 Å². The van der Waals surface area contributed by atoms with Crippen LogP contribution in [0.1, 0.15) is 17.3 Å². The van der Waals surface area contributed by atoms with Crippen LogP contribution in [-0.4, -0.2) is 55.9 Å². The van der Waals surface area contributed by atoms with Gasteiger partial charge in [-0.25, -0.2) is 14.7 Å². The van der Waals surface area contributed by atoms with Crippen LogP contribution in [0.15, 0.2) is 18.5 Å². The van der Waals surface area contributed by atoms with Gasteiger partial charge in [0, 0.05) is 12.7 Å². The van der Waals surface area contributed by atoms with Gasteiger partial charge >= 0.3 is 6.03 Å². The standard InChI is InChI=1S/C11H12N4O6S/c1-7(16)8-3-12-14(4-8)9-2-10-6-13(5-9)11(17)15(10)19-22-21-20-18/h2-4,10,18H,5-6H2,1H3. The van der Waals surface area contributed by atoms with Crippen molar-refractivity contribution in [3.63, 3.8) is 0 Å². The van der Waals surface area contributed by atoms with Gasteiger partial charge in [-0.1, -0.05) is 5.04 Å². The summed E-state index contributed by atoms with van der Waals surface area (Å²) in [4.78, 5) is 25.0. The molecule has 22 heavy (non-hydrogen) atoms. The molecule has 0 saturated carbocycles. The summed E-state index contributed by atoms with van der Waals surface area (Å²) in [7, 11) is 0. The van der Waals surface area contributed by atoms with E-state index in [1.807, 2.05) is 6.08 Å². The lowest BCUT2D eigenvalue weighted by Gasteiger charge is -2.20. The number of aromatic nitrogens is 2. The molecule has 3 rings (SSSR count). The summed E-state index contributed by atoms with van der Waals surface area (Å²) in [6, 6.07) is -0.680. The topological polar surface area (TPSA) is 106 Å². The number of hydrogen-bond donors (Lipinski definition) is 1. The Morgan fingerprint density at radius 3 is 3.05 bits per heavy atom. The number of hydroxylamine groups is 2. The maximum absolute atomic E-state index is 12.1. The fourth-order valence-corrected chi connectivity index (χ4v) is 2.63. The summed E-state index contributed by atoms with van der Waals surface area (Å²) >= 11 is 0.318. The van der Waals surface area contributed by atoms with Gasteiger partial charge in [-0.15, -0.1) is 4.33 Å². The minimum atomic E-state index is -0.343. The highest BCUT2D eigenvalue weighted by Gasteiger charge is 2.42. The van der Waals surface area contributed by atoms with Crippen molar-refractivity contribution in [1.82, 2.24) is 19.7 Å². The minimum absolute atomic E-state index is 0.0791. The fourth-order valence-electron chi connectivity index (χ4n) is 2.34. The zero-order valence-corrected chi connectivity index (χ0v) is 12.2. The smallest absolute Gasteiger partial charge is 0.314 e. The number of carbonyl (C=O) groups is 2. The van der Waals surface area contributed by atoms with Gasteiger partial charge in [0.1, 0.15) is 6.04 Å². The minimum Gasteiger partial charge on any atom is -0.314 e. The highest BCUT2D eigenvalue weighted by molar-refractivity contribution is 7.89. The van der Waals surface area contributed by atoms with Crippen molar-refractivity contribution in [2.24, 2.45) is 0 Å². The highest BCUT2D eigenvalue weighted by Crippen LogP contribution is 2.28. The molecule has 0 aliphatic carbocycles. The van der Waals surface area contributed by atoms with Crippen LogP contribution in [0.4, 0.5) is 4.79 Å². The van der Waals surface area contributed by atoms with E-state index in [2.05, 4.69) is 14.5 Å². The van der Waals surface area contributed by atoms with Crippen LogP contribution in [0.25, 0.3) is 5.70 Å². The Balaban J connectivity index is 1.77. The number of rotatable bonds is 6. The monoisotopic (exact) mass is 328 g/mol. The number of hydrogen-bond acceptors (Lipinski definition) is 8. The Hall–Kier alpha value is -1.92. The van der Waals surface area contributed by atoms with Crippen molar-refractivity contribution in [1.29, 1.82) is 0 Å². The molecule has 2 aliphatic heterocycles. The number of Topliss-reactive ketones (excluding diaryl/α,β-unsaturated/α-hetero) is 1. The molecule has 0 radical (unpaired) electrons. The number of ketones is 1. The van der Waals surface area contributed by atoms with E-state index in [4.69, 9.17) is 9.54 Å². The average Bonchev–Trinajstić information content (AvgIpc) is 3.07. The molecule has 1 fully saturated rings. The first kappa shape index (κ1) is 15.0. The molecule has 1 saturated heterocycles. The maximum atomic E-state index is 12.1. The molecule has 1 aromatic rings. The molecule has 2 bridgehead atoms. The number of urea groups is 1. The van der Waals surface area contributed by atoms with Gasteiger partial charge in [0.15, 0.2) is 5.78 Å². The van der Waals surface area contributed by atoms with Gasteiger partial charge in [0.05, 0.1) is 24.0 Å². The molecule has 2 amide bonds. The van der Waals surface area contributed by atoms with Gasteiger partial charge in [0.2, 0.25) is 12.3 Å². The first-order valence-corrected chi connectivity index (χ1v) is 6.93. The number of amides is 2. The third kappa shape index (κ3) is 2.71. The molecule has 1 aromatic heterocycles. The molecule has 1 unspecified atom stereocenters. The van der Waals surface area contributed by atoms with Crippen LogP contribution in [0.3, 0.4) is 0 Å². The predicted octanol–water partition coefficient (Wildman–Crippen LogP) is 0.962.